The van der Waals surface area contributed by atoms with Crippen molar-refractivity contribution in [3.8, 4) is 5.75 Å². The average Bonchev–Trinajstić information content (AvgIpc) is 3.52. The maximum Gasteiger partial charge on any atom is 0.261 e. The van der Waals surface area contributed by atoms with Crippen LogP contribution in [0.5, 0.6) is 5.75 Å². The highest BCUT2D eigenvalue weighted by Crippen LogP contribution is 2.42. The molecule has 2 unspecified atom stereocenters. The predicted molar refractivity (Wildman–Crippen MR) is 112 cm³/mol. The molecule has 2 aliphatic carbocycles. The van der Waals surface area contributed by atoms with E-state index in [1.165, 1.54) is 29.7 Å². The number of halogens is 2. The van der Waals surface area contributed by atoms with Gasteiger partial charge in [-0.15, -0.1) is 35.0 Å². The summed E-state index contributed by atoms with van der Waals surface area (Å²) in [5.41, 5.74) is 1.73. The average molecular weight is 431 g/mol. The van der Waals surface area contributed by atoms with Crippen molar-refractivity contribution in [2.24, 2.45) is 5.92 Å². The minimum atomic E-state index is -0.210. The van der Waals surface area contributed by atoms with E-state index in [1.807, 2.05) is 19.1 Å². The summed E-state index contributed by atoms with van der Waals surface area (Å²) in [6.45, 7) is 2.98. The molecule has 1 amide bonds. The number of anilines is 1. The second-order valence-electron chi connectivity index (χ2n) is 6.84. The Bertz CT molecular complexity index is 797. The van der Waals surface area contributed by atoms with Gasteiger partial charge in [0.1, 0.15) is 10.8 Å². The van der Waals surface area contributed by atoms with E-state index < -0.39 is 0 Å². The molecule has 0 bridgehead atoms. The summed E-state index contributed by atoms with van der Waals surface area (Å²) in [4.78, 5) is 12.6. The highest BCUT2D eigenvalue weighted by atomic mass is 35.5. The minimum absolute atomic E-state index is 0. The molecule has 27 heavy (non-hydrogen) atoms. The van der Waals surface area contributed by atoms with Crippen LogP contribution in [-0.4, -0.2) is 35.8 Å². The second kappa shape index (κ2) is 9.19. The van der Waals surface area contributed by atoms with Crippen LogP contribution in [0.25, 0.3) is 0 Å². The van der Waals surface area contributed by atoms with Crippen LogP contribution < -0.4 is 15.4 Å². The smallest absolute Gasteiger partial charge is 0.261 e. The molecule has 1 aromatic carbocycles. The first-order chi connectivity index (χ1) is 12.1. The van der Waals surface area contributed by atoms with Crippen LogP contribution in [0.3, 0.4) is 0 Å². The van der Waals surface area contributed by atoms with E-state index >= 15 is 0 Å². The molecule has 0 saturated heterocycles. The zero-order chi connectivity index (χ0) is 17.4. The van der Waals surface area contributed by atoms with Crippen molar-refractivity contribution in [1.29, 1.82) is 0 Å². The molecular weight excluding hydrogens is 407 g/mol. The zero-order valence-electron chi connectivity index (χ0n) is 15.2. The summed E-state index contributed by atoms with van der Waals surface area (Å²) in [5, 5.41) is 15.6. The van der Waals surface area contributed by atoms with Gasteiger partial charge in [-0.25, -0.2) is 0 Å². The predicted octanol–water partition coefficient (Wildman–Crippen LogP) is 3.81. The van der Waals surface area contributed by atoms with E-state index in [2.05, 4.69) is 26.9 Å². The number of ether oxygens (including phenoxy) is 1. The normalized spacial score (nSPS) is 20.2. The van der Waals surface area contributed by atoms with Gasteiger partial charge in [-0.2, -0.15) is 0 Å². The molecule has 6 nitrogen and oxygen atoms in total. The number of hydrogen-bond donors (Lipinski definition) is 2. The van der Waals surface area contributed by atoms with Crippen molar-refractivity contribution in [3.63, 3.8) is 0 Å². The topological polar surface area (TPSA) is 76.1 Å². The number of nitrogens with one attached hydrogen (secondary N) is 2. The molecule has 4 rings (SSSR count). The fraction of sp³-hybridized carbons (Fsp3) is 0.500. The van der Waals surface area contributed by atoms with Crippen LogP contribution in [0.15, 0.2) is 18.2 Å². The van der Waals surface area contributed by atoms with Crippen molar-refractivity contribution in [2.75, 3.05) is 19.0 Å². The molecule has 2 atom stereocenters. The van der Waals surface area contributed by atoms with Crippen LogP contribution in [0.4, 0.5) is 5.13 Å². The SMILES string of the molecule is COc1ccc(C2CC2NCC2CC2)cc1C(=O)Nc1nnc(C)s1.Cl.Cl. The standard InChI is InChI=1S/C18H22N4O2S.2ClH/c1-10-21-22-18(25-10)20-17(23)14-7-12(5-6-16(14)24-2)13-8-15(13)19-9-11-3-4-11;;/h5-7,11,13,15,19H,3-4,8-9H2,1-2H3,(H,20,22,23);2*1H. The van der Waals surface area contributed by atoms with Crippen LogP contribution >= 0.6 is 36.2 Å². The maximum absolute atomic E-state index is 12.6. The van der Waals surface area contributed by atoms with Crippen LogP contribution in [0, 0.1) is 12.8 Å². The van der Waals surface area contributed by atoms with Gasteiger partial charge in [-0.3, -0.25) is 10.1 Å². The number of methoxy groups -OCH3 is 1. The van der Waals surface area contributed by atoms with Gasteiger partial charge in [0.05, 0.1) is 12.7 Å². The van der Waals surface area contributed by atoms with E-state index in [0.29, 0.717) is 28.4 Å². The van der Waals surface area contributed by atoms with Gasteiger partial charge in [0.25, 0.3) is 5.91 Å². The van der Waals surface area contributed by atoms with Crippen LogP contribution in [0.2, 0.25) is 0 Å². The first-order valence-corrected chi connectivity index (χ1v) is 9.48. The lowest BCUT2D eigenvalue weighted by Gasteiger charge is -2.10. The Morgan fingerprint density at radius 2 is 2.07 bits per heavy atom. The number of rotatable bonds is 7. The highest BCUT2D eigenvalue weighted by Gasteiger charge is 2.39. The van der Waals surface area contributed by atoms with Crippen molar-refractivity contribution in [3.05, 3.63) is 34.3 Å². The summed E-state index contributed by atoms with van der Waals surface area (Å²) in [7, 11) is 1.58. The number of nitrogens with zero attached hydrogens (tertiary/aromatic N) is 2. The van der Waals surface area contributed by atoms with Crippen molar-refractivity contribution >= 4 is 47.2 Å². The molecule has 0 spiro atoms. The number of aromatic nitrogens is 2. The lowest BCUT2D eigenvalue weighted by atomic mass is 10.0. The first-order valence-electron chi connectivity index (χ1n) is 8.67. The molecule has 0 radical (unpaired) electrons. The third-order valence-corrected chi connectivity index (χ3v) is 5.55. The first kappa shape index (κ1) is 21.9. The van der Waals surface area contributed by atoms with E-state index in [-0.39, 0.29) is 30.7 Å². The van der Waals surface area contributed by atoms with E-state index in [4.69, 9.17) is 4.74 Å². The van der Waals surface area contributed by atoms with Gasteiger partial charge in [-0.1, -0.05) is 17.4 Å². The Kier molecular flexibility index (Phi) is 7.45. The Morgan fingerprint density at radius 1 is 1.30 bits per heavy atom. The van der Waals surface area contributed by atoms with Gasteiger partial charge < -0.3 is 10.1 Å². The van der Waals surface area contributed by atoms with Crippen LogP contribution in [0.1, 0.15) is 46.1 Å². The quantitative estimate of drug-likeness (QED) is 0.698. The lowest BCUT2D eigenvalue weighted by molar-refractivity contribution is 0.102. The maximum atomic E-state index is 12.6. The molecule has 2 aromatic rings. The minimum Gasteiger partial charge on any atom is -0.496 e. The van der Waals surface area contributed by atoms with Crippen molar-refractivity contribution in [2.45, 2.75) is 38.1 Å². The molecule has 0 aliphatic heterocycles. The third-order valence-electron chi connectivity index (χ3n) is 4.80. The summed E-state index contributed by atoms with van der Waals surface area (Å²) in [6, 6.07) is 6.43. The highest BCUT2D eigenvalue weighted by molar-refractivity contribution is 7.15. The van der Waals surface area contributed by atoms with E-state index in [1.54, 1.807) is 7.11 Å². The largest absolute Gasteiger partial charge is 0.496 e. The number of benzene rings is 1. The van der Waals surface area contributed by atoms with Crippen molar-refractivity contribution in [1.82, 2.24) is 15.5 Å². The Hall–Kier alpha value is -1.41. The number of aryl methyl sites for hydroxylation is 1. The third kappa shape index (κ3) is 5.31. The van der Waals surface area contributed by atoms with Gasteiger partial charge in [0.15, 0.2) is 0 Å². The number of amides is 1. The molecule has 2 saturated carbocycles. The molecule has 148 valence electrons. The molecule has 1 aromatic heterocycles. The van der Waals surface area contributed by atoms with Gasteiger partial charge in [-0.05, 0) is 56.3 Å². The molecule has 2 aliphatic rings. The lowest BCUT2D eigenvalue weighted by Crippen LogP contribution is -2.20. The fourth-order valence-corrected chi connectivity index (χ4v) is 3.66. The molecule has 1 heterocycles. The van der Waals surface area contributed by atoms with Gasteiger partial charge in [0.2, 0.25) is 5.13 Å². The van der Waals surface area contributed by atoms with E-state index in [9.17, 15) is 4.79 Å². The number of carbonyl (C=O) groups is 1. The monoisotopic (exact) mass is 430 g/mol. The molecular formula is C18H24Cl2N4O2S. The fourth-order valence-electron chi connectivity index (χ4n) is 3.07. The Morgan fingerprint density at radius 3 is 2.70 bits per heavy atom. The van der Waals surface area contributed by atoms with Gasteiger partial charge >= 0.3 is 0 Å². The Balaban J connectivity index is 0.00000131. The van der Waals surface area contributed by atoms with E-state index in [0.717, 1.165) is 23.9 Å². The number of hydrogen-bond acceptors (Lipinski definition) is 6. The number of carbonyl (C=O) groups excluding carboxylic acids is 1. The van der Waals surface area contributed by atoms with Crippen LogP contribution in [-0.2, 0) is 0 Å². The summed E-state index contributed by atoms with van der Waals surface area (Å²) < 4.78 is 5.37. The molecule has 2 fully saturated rings. The zero-order valence-corrected chi connectivity index (χ0v) is 17.7. The summed E-state index contributed by atoms with van der Waals surface area (Å²) in [5.74, 6) is 1.73. The summed E-state index contributed by atoms with van der Waals surface area (Å²) >= 11 is 1.36. The van der Waals surface area contributed by atoms with Gasteiger partial charge in [0, 0.05) is 12.0 Å². The Labute approximate surface area is 175 Å². The van der Waals surface area contributed by atoms with Crippen molar-refractivity contribution < 1.29 is 9.53 Å². The summed E-state index contributed by atoms with van der Waals surface area (Å²) in [6.07, 6.45) is 3.86. The molecule has 9 heteroatoms. The second-order valence-corrected chi connectivity index (χ2v) is 8.02. The molecule has 2 N–H and O–H groups in total.